The number of amides is 1. The number of anilines is 3. The molecule has 3 atom stereocenters. The minimum Gasteiger partial charge on any atom is -0.438 e. The summed E-state index contributed by atoms with van der Waals surface area (Å²) in [6, 6.07) is 3.45. The number of pyridine rings is 2. The van der Waals surface area contributed by atoms with Crippen LogP contribution < -0.4 is 21.7 Å². The molecule has 6 N–H and O–H groups in total. The highest BCUT2D eigenvalue weighted by molar-refractivity contribution is 6.15. The molecule has 4 heterocycles. The van der Waals surface area contributed by atoms with Crippen LogP contribution in [0, 0.1) is 11.8 Å². The third-order valence-corrected chi connectivity index (χ3v) is 7.21. The molecule has 9 heteroatoms. The van der Waals surface area contributed by atoms with Crippen molar-refractivity contribution in [3.63, 3.8) is 0 Å². The zero-order valence-electron chi connectivity index (χ0n) is 18.3. The smallest absolute Gasteiger partial charge is 0.263 e. The van der Waals surface area contributed by atoms with Gasteiger partial charge in [0.2, 0.25) is 5.88 Å². The van der Waals surface area contributed by atoms with E-state index in [0.717, 1.165) is 36.9 Å². The minimum absolute atomic E-state index is 0.0466. The Morgan fingerprint density at radius 2 is 2.03 bits per heavy atom. The fourth-order valence-corrected chi connectivity index (χ4v) is 5.08. The van der Waals surface area contributed by atoms with Gasteiger partial charge in [-0.25, -0.2) is 0 Å². The van der Waals surface area contributed by atoms with Crippen LogP contribution in [0.5, 0.6) is 0 Å². The predicted molar refractivity (Wildman–Crippen MR) is 125 cm³/mol. The number of nitrogens with one attached hydrogen (secondary N) is 1. The number of hydrogen-bond acceptors (Lipinski definition) is 8. The normalized spacial score (nSPS) is 25.4. The average Bonchev–Trinajstić information content (AvgIpc) is 3.71. The molecule has 2 saturated carbocycles. The van der Waals surface area contributed by atoms with E-state index >= 15 is 0 Å². The molecule has 33 heavy (non-hydrogen) atoms. The van der Waals surface area contributed by atoms with E-state index < -0.39 is 12.0 Å². The largest absolute Gasteiger partial charge is 0.438 e. The molecule has 6 rings (SSSR count). The van der Waals surface area contributed by atoms with E-state index in [1.165, 1.54) is 0 Å². The summed E-state index contributed by atoms with van der Waals surface area (Å²) in [4.78, 5) is 24.1. The zero-order valence-corrected chi connectivity index (χ0v) is 18.3. The molecule has 3 unspecified atom stereocenters. The molecule has 2 aliphatic carbocycles. The van der Waals surface area contributed by atoms with Gasteiger partial charge in [0, 0.05) is 37.4 Å². The molecule has 1 aliphatic heterocycles. The maximum Gasteiger partial charge on any atom is 0.263 e. The van der Waals surface area contributed by atoms with Gasteiger partial charge in [-0.3, -0.25) is 14.8 Å². The van der Waals surface area contributed by atoms with Gasteiger partial charge in [-0.05, 0) is 55.2 Å². The first-order valence-electron chi connectivity index (χ1n) is 11.6. The minimum atomic E-state index is -0.502. The number of piperidine rings is 1. The predicted octanol–water partition coefficient (Wildman–Crippen LogP) is 2.47. The van der Waals surface area contributed by atoms with Crippen molar-refractivity contribution < 1.29 is 14.3 Å². The maximum atomic E-state index is 13.3. The zero-order chi connectivity index (χ0) is 22.7. The summed E-state index contributed by atoms with van der Waals surface area (Å²) in [5.74, 6) is 0.816. The highest BCUT2D eigenvalue weighted by atomic mass is 16.3. The van der Waals surface area contributed by atoms with Gasteiger partial charge in [0.05, 0.1) is 23.7 Å². The summed E-state index contributed by atoms with van der Waals surface area (Å²) < 4.78 is 5.68. The Kier molecular flexibility index (Phi) is 4.77. The summed E-state index contributed by atoms with van der Waals surface area (Å²) in [7, 11) is 0. The molecule has 9 nitrogen and oxygen atoms in total. The van der Waals surface area contributed by atoms with E-state index in [-0.39, 0.29) is 23.4 Å². The van der Waals surface area contributed by atoms with Gasteiger partial charge in [0.15, 0.2) is 5.58 Å². The summed E-state index contributed by atoms with van der Waals surface area (Å²) in [5, 5.41) is 13.5. The fourth-order valence-electron chi connectivity index (χ4n) is 5.08. The molecule has 1 saturated heterocycles. The molecular formula is C24H28N6O3. The number of aliphatic hydroxyl groups is 1. The van der Waals surface area contributed by atoms with Crippen LogP contribution in [0.15, 0.2) is 35.1 Å². The van der Waals surface area contributed by atoms with Crippen molar-refractivity contribution in [2.24, 2.45) is 17.6 Å². The first-order valence-corrected chi connectivity index (χ1v) is 11.6. The quantitative estimate of drug-likeness (QED) is 0.466. The van der Waals surface area contributed by atoms with Gasteiger partial charge < -0.3 is 31.2 Å². The number of carbonyl (C=O) groups is 1. The fraction of sp³-hybridized carbons (Fsp3) is 0.458. The van der Waals surface area contributed by atoms with Crippen LogP contribution >= 0.6 is 0 Å². The van der Waals surface area contributed by atoms with Crippen LogP contribution in [0.4, 0.5) is 17.3 Å². The molecule has 1 amide bonds. The highest BCUT2D eigenvalue weighted by Crippen LogP contribution is 2.43. The number of rotatable bonds is 5. The van der Waals surface area contributed by atoms with Gasteiger partial charge in [-0.1, -0.05) is 0 Å². The van der Waals surface area contributed by atoms with E-state index in [9.17, 15) is 9.90 Å². The van der Waals surface area contributed by atoms with Crippen molar-refractivity contribution in [1.29, 1.82) is 0 Å². The third-order valence-electron chi connectivity index (χ3n) is 7.21. The molecule has 3 aliphatic rings. The number of furan rings is 1. The van der Waals surface area contributed by atoms with Crippen LogP contribution in [0.2, 0.25) is 0 Å². The Morgan fingerprint density at radius 3 is 2.79 bits per heavy atom. The molecule has 3 fully saturated rings. The van der Waals surface area contributed by atoms with Crippen molar-refractivity contribution >= 4 is 34.3 Å². The van der Waals surface area contributed by atoms with E-state index in [2.05, 4.69) is 20.2 Å². The number of hydrogen-bond donors (Lipinski definition) is 4. The van der Waals surface area contributed by atoms with Gasteiger partial charge in [-0.15, -0.1) is 0 Å². The van der Waals surface area contributed by atoms with Crippen LogP contribution in [-0.4, -0.2) is 46.2 Å². The second kappa shape index (κ2) is 7.71. The molecule has 0 spiro atoms. The lowest BCUT2D eigenvalue weighted by Gasteiger charge is -2.42. The van der Waals surface area contributed by atoms with Crippen molar-refractivity contribution in [3.05, 3.63) is 41.9 Å². The van der Waals surface area contributed by atoms with Crippen molar-refractivity contribution in [2.45, 2.75) is 43.7 Å². The molecule has 0 radical (unpaired) electrons. The number of nitrogens with zero attached hydrogens (tertiary/aromatic N) is 3. The first kappa shape index (κ1) is 20.4. The number of aliphatic hydroxyl groups excluding tert-OH is 1. The number of nitrogen functional groups attached to an aromatic ring is 1. The topological polar surface area (TPSA) is 144 Å². The number of carbonyl (C=O) groups excluding carboxylic acids is 1. The Labute approximate surface area is 191 Å². The Morgan fingerprint density at radius 1 is 1.21 bits per heavy atom. The Hall–Kier alpha value is -3.17. The van der Waals surface area contributed by atoms with Gasteiger partial charge in [0.1, 0.15) is 11.1 Å². The standard InChI is InChI=1S/C24H28N6O3/c25-16-11-30(10-15(22(16)31)13-3-4-13)18-5-6-27-9-17(18)29-24(32)20-21-19(33-23(20)26)7-14(8-28-21)12-1-2-12/h5-9,12-13,15-16,22,31H,1-4,10-11,25-26H2,(H,29,32). The first-order chi connectivity index (χ1) is 16.0. The van der Waals surface area contributed by atoms with Crippen molar-refractivity contribution in [2.75, 3.05) is 29.0 Å². The van der Waals surface area contributed by atoms with E-state index in [1.54, 1.807) is 18.6 Å². The van der Waals surface area contributed by atoms with Crippen LogP contribution in [0.1, 0.15) is 47.5 Å². The average molecular weight is 449 g/mol. The van der Waals surface area contributed by atoms with Crippen LogP contribution in [0.3, 0.4) is 0 Å². The molecular weight excluding hydrogens is 420 g/mol. The van der Waals surface area contributed by atoms with Gasteiger partial charge in [-0.2, -0.15) is 0 Å². The van der Waals surface area contributed by atoms with Crippen molar-refractivity contribution in [1.82, 2.24) is 9.97 Å². The summed E-state index contributed by atoms with van der Waals surface area (Å²) in [6.45, 7) is 1.19. The highest BCUT2D eigenvalue weighted by Gasteiger charge is 2.43. The molecule has 3 aromatic rings. The lowest BCUT2D eigenvalue weighted by molar-refractivity contribution is 0.0594. The molecule has 3 aromatic heterocycles. The van der Waals surface area contributed by atoms with E-state index in [4.69, 9.17) is 15.9 Å². The Bertz CT molecular complexity index is 1220. The van der Waals surface area contributed by atoms with E-state index in [0.29, 0.717) is 41.7 Å². The number of nitrogens with two attached hydrogens (primary N) is 2. The van der Waals surface area contributed by atoms with Crippen LogP contribution in [-0.2, 0) is 0 Å². The summed E-state index contributed by atoms with van der Waals surface area (Å²) >= 11 is 0. The number of fused-ring (bicyclic) bond motifs is 1. The van der Waals surface area contributed by atoms with E-state index in [1.807, 2.05) is 12.1 Å². The van der Waals surface area contributed by atoms with Crippen molar-refractivity contribution in [3.8, 4) is 0 Å². The van der Waals surface area contributed by atoms with Gasteiger partial charge >= 0.3 is 0 Å². The van der Waals surface area contributed by atoms with Gasteiger partial charge in [0.25, 0.3) is 5.91 Å². The molecule has 172 valence electrons. The number of aromatic nitrogens is 2. The lowest BCUT2D eigenvalue weighted by atomic mass is 9.87. The summed E-state index contributed by atoms with van der Waals surface area (Å²) in [5.41, 5.74) is 16.1. The lowest BCUT2D eigenvalue weighted by Crippen LogP contribution is -2.57. The SMILES string of the molecule is Nc1oc2cc(C3CC3)cnc2c1C(=O)Nc1cnccc1N1CC(N)C(O)C(C2CC2)C1. The monoisotopic (exact) mass is 448 g/mol. The van der Waals surface area contributed by atoms with Crippen LogP contribution in [0.25, 0.3) is 11.1 Å². The second-order valence-corrected chi connectivity index (χ2v) is 9.64. The maximum absolute atomic E-state index is 13.3. The second-order valence-electron chi connectivity index (χ2n) is 9.64. The third kappa shape index (κ3) is 3.71. The summed E-state index contributed by atoms with van der Waals surface area (Å²) in [6.07, 6.45) is 9.17. The molecule has 0 bridgehead atoms. The molecule has 0 aromatic carbocycles. The Balaban J connectivity index is 1.28.